The fourth-order valence-corrected chi connectivity index (χ4v) is 4.70. The number of amides is 3. The van der Waals surface area contributed by atoms with Gasteiger partial charge in [-0.1, -0.05) is 67.9 Å². The van der Waals surface area contributed by atoms with Crippen molar-refractivity contribution in [1.82, 2.24) is 16.0 Å². The fraction of sp³-hybridized carbons (Fsp3) is 0.464. The average Bonchev–Trinajstić information content (AvgIpc) is 3.30. The van der Waals surface area contributed by atoms with Crippen molar-refractivity contribution in [2.75, 3.05) is 13.2 Å². The van der Waals surface area contributed by atoms with E-state index in [1.807, 2.05) is 13.8 Å². The van der Waals surface area contributed by atoms with Crippen LogP contribution in [-0.4, -0.2) is 48.2 Å². The third-order valence-electron chi connectivity index (χ3n) is 6.48. The molecule has 0 unspecified atom stereocenters. The van der Waals surface area contributed by atoms with E-state index in [1.165, 1.54) is 30.3 Å². The van der Waals surface area contributed by atoms with Crippen LogP contribution in [0.5, 0.6) is 0 Å². The Morgan fingerprint density at radius 1 is 1.15 bits per heavy atom. The van der Waals surface area contributed by atoms with Crippen molar-refractivity contribution in [3.05, 3.63) is 70.7 Å². The van der Waals surface area contributed by atoms with Crippen LogP contribution in [0, 0.1) is 11.8 Å². The summed E-state index contributed by atoms with van der Waals surface area (Å²) in [5, 5.41) is 17.7. The number of carbonyl (C=O) groups excluding carboxylic acids is 3. The Morgan fingerprint density at radius 2 is 1.87 bits per heavy atom. The quantitative estimate of drug-likeness (QED) is 0.306. The van der Waals surface area contributed by atoms with Gasteiger partial charge in [-0.25, -0.2) is 4.79 Å². The number of halogens is 3. The number of carbonyl (C=O) groups is 3. The van der Waals surface area contributed by atoms with Crippen LogP contribution in [0.3, 0.4) is 0 Å². The Kier molecular flexibility index (Phi) is 10.7. The number of rotatable bonds is 12. The molecule has 0 aliphatic carbocycles. The number of hydrogen-bond acceptors (Lipinski definition) is 5. The molecule has 4 N–H and O–H groups in total. The topological polar surface area (TPSA) is 117 Å². The SMILES string of the molecule is CC(C)C[C@H](NC(=O)O[C@@H](c1ccccc1)C(F)(F)c1cccc(Cl)c1)C(=O)N[C@H](CO)C[C@@H]1CCNC1=O. The minimum absolute atomic E-state index is 0.0490. The summed E-state index contributed by atoms with van der Waals surface area (Å²) in [6.45, 7) is 3.79. The van der Waals surface area contributed by atoms with Crippen molar-refractivity contribution < 1.29 is 33.0 Å². The van der Waals surface area contributed by atoms with Crippen LogP contribution in [0.1, 0.15) is 50.3 Å². The van der Waals surface area contributed by atoms with E-state index in [0.717, 1.165) is 6.07 Å². The molecule has 1 saturated heterocycles. The molecule has 4 atom stereocenters. The highest BCUT2D eigenvalue weighted by molar-refractivity contribution is 6.30. The van der Waals surface area contributed by atoms with Crippen molar-refractivity contribution in [3.8, 4) is 0 Å². The Morgan fingerprint density at radius 3 is 2.46 bits per heavy atom. The van der Waals surface area contributed by atoms with E-state index < -0.39 is 48.3 Å². The molecular weight excluding hydrogens is 532 g/mol. The van der Waals surface area contributed by atoms with Gasteiger partial charge in [0.15, 0.2) is 6.10 Å². The number of benzene rings is 2. The molecule has 39 heavy (non-hydrogen) atoms. The molecule has 2 aromatic carbocycles. The van der Waals surface area contributed by atoms with E-state index in [4.69, 9.17) is 16.3 Å². The molecule has 8 nitrogen and oxygen atoms in total. The molecule has 1 aliphatic rings. The lowest BCUT2D eigenvalue weighted by Gasteiger charge is -2.29. The van der Waals surface area contributed by atoms with E-state index in [9.17, 15) is 19.5 Å². The highest BCUT2D eigenvalue weighted by Gasteiger charge is 2.46. The van der Waals surface area contributed by atoms with Crippen LogP contribution in [-0.2, 0) is 20.2 Å². The van der Waals surface area contributed by atoms with Crippen LogP contribution < -0.4 is 16.0 Å². The predicted molar refractivity (Wildman–Crippen MR) is 142 cm³/mol. The first kappa shape index (κ1) is 30.3. The van der Waals surface area contributed by atoms with E-state index in [-0.39, 0.29) is 41.2 Å². The van der Waals surface area contributed by atoms with Gasteiger partial charge in [-0.3, -0.25) is 9.59 Å². The van der Waals surface area contributed by atoms with Crippen molar-refractivity contribution >= 4 is 29.5 Å². The molecule has 0 bridgehead atoms. The zero-order valence-corrected chi connectivity index (χ0v) is 22.6. The van der Waals surface area contributed by atoms with Crippen LogP contribution in [0.4, 0.5) is 13.6 Å². The van der Waals surface area contributed by atoms with Gasteiger partial charge in [0, 0.05) is 23.0 Å². The normalized spacial score (nSPS) is 17.7. The Balaban J connectivity index is 1.77. The standard InChI is InChI=1S/C28H34ClF2N3O5/c1-17(2)13-23(26(37)33-22(16-35)14-19-11-12-32-25(19)36)34-27(38)39-24(18-7-4-3-5-8-18)28(30,31)20-9-6-10-21(29)15-20/h3-10,15,17,19,22-24,35H,11-14,16H2,1-2H3,(H,32,36)(H,33,37)(H,34,38)/t19-,22-,23-,24-/m0/s1. The predicted octanol–water partition coefficient (Wildman–Crippen LogP) is 4.32. The average molecular weight is 566 g/mol. The summed E-state index contributed by atoms with van der Waals surface area (Å²) < 4.78 is 36.7. The monoisotopic (exact) mass is 565 g/mol. The van der Waals surface area contributed by atoms with Crippen LogP contribution in [0.2, 0.25) is 5.02 Å². The maximum Gasteiger partial charge on any atom is 0.408 e. The van der Waals surface area contributed by atoms with Crippen molar-refractivity contribution in [3.63, 3.8) is 0 Å². The molecule has 212 valence electrons. The first-order chi connectivity index (χ1) is 18.5. The Hall–Kier alpha value is -3.24. The third-order valence-corrected chi connectivity index (χ3v) is 6.72. The maximum atomic E-state index is 15.7. The van der Waals surface area contributed by atoms with Gasteiger partial charge >= 0.3 is 12.0 Å². The third kappa shape index (κ3) is 8.37. The van der Waals surface area contributed by atoms with Crippen molar-refractivity contribution in [2.45, 2.75) is 57.2 Å². The lowest BCUT2D eigenvalue weighted by molar-refractivity contribution is -0.128. The van der Waals surface area contributed by atoms with Crippen LogP contribution >= 0.6 is 11.6 Å². The summed E-state index contributed by atoms with van der Waals surface area (Å²) in [5.41, 5.74) is -0.382. The molecule has 0 saturated carbocycles. The number of aliphatic hydroxyl groups excluding tert-OH is 1. The summed E-state index contributed by atoms with van der Waals surface area (Å²) in [7, 11) is 0. The second-order valence-corrected chi connectivity index (χ2v) is 10.5. The van der Waals surface area contributed by atoms with Gasteiger partial charge in [0.1, 0.15) is 6.04 Å². The zero-order chi connectivity index (χ0) is 28.6. The van der Waals surface area contributed by atoms with Gasteiger partial charge < -0.3 is 25.8 Å². The van der Waals surface area contributed by atoms with Gasteiger partial charge in [0.2, 0.25) is 11.8 Å². The largest absolute Gasteiger partial charge is 0.434 e. The second kappa shape index (κ2) is 13.7. The summed E-state index contributed by atoms with van der Waals surface area (Å²) in [6.07, 6.45) is -2.21. The van der Waals surface area contributed by atoms with Gasteiger partial charge in [-0.2, -0.15) is 8.78 Å². The number of alkyl halides is 2. The van der Waals surface area contributed by atoms with E-state index in [0.29, 0.717) is 13.0 Å². The highest BCUT2D eigenvalue weighted by Crippen LogP contribution is 2.43. The Labute approximate surface area is 231 Å². The summed E-state index contributed by atoms with van der Waals surface area (Å²) in [4.78, 5) is 38.0. The molecule has 1 aliphatic heterocycles. The van der Waals surface area contributed by atoms with E-state index >= 15 is 8.78 Å². The maximum absolute atomic E-state index is 15.7. The fourth-order valence-electron chi connectivity index (χ4n) is 4.51. The molecule has 0 radical (unpaired) electrons. The molecule has 3 amide bonds. The summed E-state index contributed by atoms with van der Waals surface area (Å²) in [5.74, 6) is -4.80. The summed E-state index contributed by atoms with van der Waals surface area (Å²) >= 11 is 5.94. The number of aliphatic hydroxyl groups is 1. The minimum atomic E-state index is -3.65. The number of hydrogen-bond donors (Lipinski definition) is 4. The number of nitrogens with one attached hydrogen (secondary N) is 3. The van der Waals surface area contributed by atoms with Gasteiger partial charge in [-0.15, -0.1) is 0 Å². The molecule has 11 heteroatoms. The van der Waals surface area contributed by atoms with Crippen LogP contribution in [0.15, 0.2) is 54.6 Å². The van der Waals surface area contributed by atoms with Crippen molar-refractivity contribution in [2.24, 2.45) is 11.8 Å². The lowest BCUT2D eigenvalue weighted by Crippen LogP contribution is -2.52. The van der Waals surface area contributed by atoms with Gasteiger partial charge in [0.25, 0.3) is 0 Å². The minimum Gasteiger partial charge on any atom is -0.434 e. The van der Waals surface area contributed by atoms with Gasteiger partial charge in [0.05, 0.1) is 12.6 Å². The molecule has 0 spiro atoms. The smallest absolute Gasteiger partial charge is 0.408 e. The number of ether oxygens (including phenoxy) is 1. The Bertz CT molecular complexity index is 1140. The molecule has 2 aromatic rings. The zero-order valence-electron chi connectivity index (χ0n) is 21.8. The number of alkyl carbamates (subject to hydrolysis) is 1. The molecule has 1 fully saturated rings. The van der Waals surface area contributed by atoms with Crippen molar-refractivity contribution in [1.29, 1.82) is 0 Å². The summed E-state index contributed by atoms with van der Waals surface area (Å²) in [6, 6.07) is 10.9. The first-order valence-electron chi connectivity index (χ1n) is 12.9. The molecule has 1 heterocycles. The lowest BCUT2D eigenvalue weighted by atomic mass is 9.97. The molecular formula is C28H34ClF2N3O5. The molecule has 3 rings (SSSR count). The first-order valence-corrected chi connectivity index (χ1v) is 13.2. The van der Waals surface area contributed by atoms with E-state index in [2.05, 4.69) is 16.0 Å². The van der Waals surface area contributed by atoms with Crippen LogP contribution in [0.25, 0.3) is 0 Å². The second-order valence-electron chi connectivity index (χ2n) is 10.1. The molecule has 0 aromatic heterocycles. The highest BCUT2D eigenvalue weighted by atomic mass is 35.5. The van der Waals surface area contributed by atoms with Gasteiger partial charge in [-0.05, 0) is 42.9 Å². The van der Waals surface area contributed by atoms with E-state index in [1.54, 1.807) is 18.2 Å².